The lowest BCUT2D eigenvalue weighted by Crippen LogP contribution is -2.31. The van der Waals surface area contributed by atoms with E-state index in [1.165, 1.54) is 19.9 Å². The molecule has 0 aliphatic carbocycles. The van der Waals surface area contributed by atoms with E-state index in [2.05, 4.69) is 5.32 Å². The highest BCUT2D eigenvalue weighted by atomic mass is 35.5. The third kappa shape index (κ3) is 4.65. The molecule has 0 heterocycles. The molecule has 1 N–H and O–H groups in total. The number of hydrogen-bond acceptors (Lipinski definition) is 3. The molecule has 1 atom stereocenters. The number of carbonyl (C=O) groups excluding carboxylic acids is 2. The molecule has 1 rings (SSSR count). The minimum absolute atomic E-state index is 0.0462. The molecular formula is C13H14Cl2FNO3. The second kappa shape index (κ2) is 7.45. The van der Waals surface area contributed by atoms with E-state index in [0.29, 0.717) is 11.1 Å². The first-order valence-corrected chi connectivity index (χ1v) is 6.70. The summed E-state index contributed by atoms with van der Waals surface area (Å²) in [5.41, 5.74) is 0.877. The van der Waals surface area contributed by atoms with Gasteiger partial charge in [0, 0.05) is 24.8 Å². The predicted octanol–water partition coefficient (Wildman–Crippen LogP) is 2.96. The molecule has 0 saturated heterocycles. The van der Waals surface area contributed by atoms with E-state index in [0.717, 1.165) is 6.07 Å². The molecule has 0 radical (unpaired) electrons. The first-order valence-electron chi connectivity index (χ1n) is 5.79. The van der Waals surface area contributed by atoms with Crippen LogP contribution >= 0.6 is 23.2 Å². The van der Waals surface area contributed by atoms with Gasteiger partial charge in [0.1, 0.15) is 12.4 Å². The number of ether oxygens (including phenoxy) is 1. The lowest BCUT2D eigenvalue weighted by atomic mass is 10.0. The normalized spacial score (nSPS) is 11.8. The molecule has 0 aliphatic rings. The number of esters is 1. The van der Waals surface area contributed by atoms with Crippen molar-refractivity contribution in [2.24, 2.45) is 0 Å². The van der Waals surface area contributed by atoms with Crippen LogP contribution in [-0.4, -0.2) is 18.5 Å². The van der Waals surface area contributed by atoms with Gasteiger partial charge in [0.25, 0.3) is 0 Å². The smallest absolute Gasteiger partial charge is 0.302 e. The molecule has 0 spiro atoms. The lowest BCUT2D eigenvalue weighted by Gasteiger charge is -2.21. The fraction of sp³-hybridized carbons (Fsp3) is 0.385. The monoisotopic (exact) mass is 321 g/mol. The third-order valence-electron chi connectivity index (χ3n) is 2.53. The quantitative estimate of drug-likeness (QED) is 0.670. The molecule has 0 aliphatic heterocycles. The fourth-order valence-electron chi connectivity index (χ4n) is 1.73. The molecule has 1 amide bonds. The van der Waals surface area contributed by atoms with Crippen LogP contribution in [0.2, 0.25) is 5.02 Å². The van der Waals surface area contributed by atoms with Crippen molar-refractivity contribution < 1.29 is 18.7 Å². The fourth-order valence-corrected chi connectivity index (χ4v) is 2.38. The van der Waals surface area contributed by atoms with Crippen molar-refractivity contribution >= 4 is 35.1 Å². The van der Waals surface area contributed by atoms with Crippen molar-refractivity contribution in [3.05, 3.63) is 34.1 Å². The number of amides is 1. The van der Waals surface area contributed by atoms with Crippen molar-refractivity contribution in [1.82, 2.24) is 5.32 Å². The summed E-state index contributed by atoms with van der Waals surface area (Å²) in [6, 6.07) is 1.64. The molecular weight excluding hydrogens is 308 g/mol. The summed E-state index contributed by atoms with van der Waals surface area (Å²) < 4.78 is 18.4. The van der Waals surface area contributed by atoms with E-state index in [9.17, 15) is 14.0 Å². The van der Waals surface area contributed by atoms with E-state index in [-0.39, 0.29) is 23.4 Å². The highest BCUT2D eigenvalue weighted by Crippen LogP contribution is 2.28. The number of alkyl halides is 1. The minimum Gasteiger partial charge on any atom is -0.463 e. The molecule has 0 saturated carbocycles. The van der Waals surface area contributed by atoms with Gasteiger partial charge in [-0.1, -0.05) is 11.6 Å². The van der Waals surface area contributed by atoms with E-state index in [1.807, 2.05) is 0 Å². The number of hydrogen-bond donors (Lipinski definition) is 1. The summed E-state index contributed by atoms with van der Waals surface area (Å²) in [5.74, 6) is -1.36. The van der Waals surface area contributed by atoms with Gasteiger partial charge in [-0.3, -0.25) is 9.59 Å². The van der Waals surface area contributed by atoms with Crippen molar-refractivity contribution in [1.29, 1.82) is 0 Å². The Labute approximate surface area is 126 Å². The van der Waals surface area contributed by atoms with Gasteiger partial charge in [-0.15, -0.1) is 11.6 Å². The molecule has 4 nitrogen and oxygen atoms in total. The highest BCUT2D eigenvalue weighted by Gasteiger charge is 2.20. The standard InChI is InChI=1S/C13H14Cl2FNO3/c1-7(18)17-13(6-20-8(2)19)10-3-9(16)4-12(15)11(10)5-14/h3-4,13H,5-6H2,1-2H3,(H,17,18). The zero-order valence-corrected chi connectivity index (χ0v) is 12.5. The van der Waals surface area contributed by atoms with Gasteiger partial charge in [0.2, 0.25) is 5.91 Å². The van der Waals surface area contributed by atoms with E-state index in [1.54, 1.807) is 0 Å². The molecule has 1 aromatic carbocycles. The summed E-state index contributed by atoms with van der Waals surface area (Å²) in [6.07, 6.45) is 0. The second-order valence-electron chi connectivity index (χ2n) is 4.14. The Morgan fingerprint density at radius 2 is 2.05 bits per heavy atom. The number of nitrogens with one attached hydrogen (secondary N) is 1. The molecule has 1 unspecified atom stereocenters. The Morgan fingerprint density at radius 3 is 2.55 bits per heavy atom. The topological polar surface area (TPSA) is 55.4 Å². The van der Waals surface area contributed by atoms with E-state index >= 15 is 0 Å². The summed E-state index contributed by atoms with van der Waals surface area (Å²) in [4.78, 5) is 22.1. The number of halogens is 3. The number of rotatable bonds is 5. The highest BCUT2D eigenvalue weighted by molar-refractivity contribution is 6.32. The first-order chi connectivity index (χ1) is 9.35. The number of carbonyl (C=O) groups is 2. The van der Waals surface area contributed by atoms with Gasteiger partial charge in [-0.05, 0) is 23.3 Å². The Hall–Kier alpha value is -1.33. The largest absolute Gasteiger partial charge is 0.463 e. The van der Waals surface area contributed by atoms with E-state index < -0.39 is 17.8 Å². The van der Waals surface area contributed by atoms with Gasteiger partial charge < -0.3 is 10.1 Å². The van der Waals surface area contributed by atoms with Gasteiger partial charge in [-0.2, -0.15) is 0 Å². The minimum atomic E-state index is -0.710. The average Bonchev–Trinajstić information content (AvgIpc) is 2.33. The van der Waals surface area contributed by atoms with Gasteiger partial charge in [0.15, 0.2) is 0 Å². The third-order valence-corrected chi connectivity index (χ3v) is 3.14. The molecule has 0 bridgehead atoms. The lowest BCUT2D eigenvalue weighted by molar-refractivity contribution is -0.142. The molecule has 110 valence electrons. The average molecular weight is 322 g/mol. The van der Waals surface area contributed by atoms with E-state index in [4.69, 9.17) is 27.9 Å². The van der Waals surface area contributed by atoms with Gasteiger partial charge >= 0.3 is 5.97 Å². The Bertz CT molecular complexity index is 523. The summed E-state index contributed by atoms with van der Waals surface area (Å²) in [5, 5.41) is 2.74. The molecule has 0 fully saturated rings. The maximum atomic E-state index is 13.5. The molecule has 20 heavy (non-hydrogen) atoms. The summed E-state index contributed by atoms with van der Waals surface area (Å²) in [7, 11) is 0. The maximum absolute atomic E-state index is 13.5. The zero-order valence-electron chi connectivity index (χ0n) is 11.0. The van der Waals surface area contributed by atoms with Crippen LogP contribution in [0.3, 0.4) is 0 Å². The van der Waals surface area contributed by atoms with Crippen LogP contribution < -0.4 is 5.32 Å². The summed E-state index contributed by atoms with van der Waals surface area (Å²) >= 11 is 11.7. The molecule has 7 heteroatoms. The van der Waals surface area contributed by atoms with Crippen LogP contribution in [0.15, 0.2) is 12.1 Å². The van der Waals surface area contributed by atoms with Crippen molar-refractivity contribution in [3.63, 3.8) is 0 Å². The summed E-state index contributed by atoms with van der Waals surface area (Å²) in [6.45, 7) is 2.42. The Balaban J connectivity index is 3.17. The van der Waals surface area contributed by atoms with Gasteiger partial charge in [0.05, 0.1) is 6.04 Å². The van der Waals surface area contributed by atoms with Crippen LogP contribution in [0, 0.1) is 5.82 Å². The van der Waals surface area contributed by atoms with Crippen LogP contribution in [-0.2, 0) is 20.2 Å². The van der Waals surface area contributed by atoms with Crippen LogP contribution in [0.1, 0.15) is 31.0 Å². The zero-order chi connectivity index (χ0) is 15.3. The van der Waals surface area contributed by atoms with Gasteiger partial charge in [-0.25, -0.2) is 4.39 Å². The molecule has 1 aromatic rings. The predicted molar refractivity (Wildman–Crippen MR) is 74.2 cm³/mol. The van der Waals surface area contributed by atoms with Crippen LogP contribution in [0.5, 0.6) is 0 Å². The number of benzene rings is 1. The Morgan fingerprint density at radius 1 is 1.40 bits per heavy atom. The van der Waals surface area contributed by atoms with Crippen molar-refractivity contribution in [2.75, 3.05) is 6.61 Å². The molecule has 0 aromatic heterocycles. The first kappa shape index (κ1) is 16.7. The van der Waals surface area contributed by atoms with Crippen molar-refractivity contribution in [2.45, 2.75) is 25.8 Å². The van der Waals surface area contributed by atoms with Crippen LogP contribution in [0.25, 0.3) is 0 Å². The Kier molecular flexibility index (Phi) is 6.23. The SMILES string of the molecule is CC(=O)NC(COC(C)=O)c1cc(F)cc(Cl)c1CCl. The second-order valence-corrected chi connectivity index (χ2v) is 4.82. The van der Waals surface area contributed by atoms with Crippen LogP contribution in [0.4, 0.5) is 4.39 Å². The van der Waals surface area contributed by atoms with Crippen molar-refractivity contribution in [3.8, 4) is 0 Å². The maximum Gasteiger partial charge on any atom is 0.302 e.